The summed E-state index contributed by atoms with van der Waals surface area (Å²) in [6, 6.07) is 0. The van der Waals surface area contributed by atoms with Gasteiger partial charge in [0, 0.05) is 25.2 Å². The zero-order chi connectivity index (χ0) is 24.1. The predicted octanol–water partition coefficient (Wildman–Crippen LogP) is -2.93. The molecule has 3 N–H and O–H groups in total. The van der Waals surface area contributed by atoms with Crippen LogP contribution in [0.5, 0.6) is 0 Å². The Morgan fingerprint density at radius 1 is 0.886 bits per heavy atom. The van der Waals surface area contributed by atoms with Gasteiger partial charge in [0.1, 0.15) is 6.61 Å². The molecule has 0 aromatic carbocycles. The Hall–Kier alpha value is -1.19. The second-order valence-corrected chi connectivity index (χ2v) is 7.15. The molecule has 0 unspecified atom stereocenters. The van der Waals surface area contributed by atoms with Crippen molar-refractivity contribution in [1.82, 2.24) is 6.15 Å². The third kappa shape index (κ3) is 30.8. The van der Waals surface area contributed by atoms with Crippen molar-refractivity contribution in [2.24, 2.45) is 0 Å². The first-order chi connectivity index (χ1) is 15.3. The van der Waals surface area contributed by atoms with Crippen LogP contribution in [0.15, 0.2) is 0 Å². The Kier molecular flexibility index (Phi) is 32.1. The van der Waals surface area contributed by atoms with E-state index in [2.05, 4.69) is 70.7 Å². The van der Waals surface area contributed by atoms with Crippen LogP contribution in [0.1, 0.15) is 65.2 Å². The van der Waals surface area contributed by atoms with Crippen LogP contribution in [0, 0.1) is 59.2 Å². The van der Waals surface area contributed by atoms with Crippen molar-refractivity contribution in [3.63, 3.8) is 0 Å². The van der Waals surface area contributed by atoms with Crippen molar-refractivity contribution >= 4 is 19.8 Å². The fourth-order valence-electron chi connectivity index (χ4n) is 1.95. The van der Waals surface area contributed by atoms with Gasteiger partial charge in [0.05, 0.1) is 14.4 Å². The zero-order valence-corrected chi connectivity index (χ0v) is 25.5. The van der Waals surface area contributed by atoms with Crippen LogP contribution in [0.3, 0.4) is 0 Å². The predicted molar refractivity (Wildman–Crippen MR) is 136 cm³/mol. The van der Waals surface area contributed by atoms with Crippen molar-refractivity contribution in [1.29, 1.82) is 0 Å². The molecule has 0 aliphatic heterocycles. The van der Waals surface area contributed by atoms with Gasteiger partial charge < -0.3 is 34.5 Å². The Labute approximate surface area is 265 Å². The molecule has 9 nitrogen and oxygen atoms in total. The minimum absolute atomic E-state index is 0. The summed E-state index contributed by atoms with van der Waals surface area (Å²) in [7, 11) is -5.29. The smallest absolute Gasteiger partial charge is 0.790 e. The summed E-state index contributed by atoms with van der Waals surface area (Å²) in [6.45, 7) is 2.38. The zero-order valence-electron chi connectivity index (χ0n) is 20.7. The van der Waals surface area contributed by atoms with E-state index in [0.29, 0.717) is 6.42 Å². The van der Waals surface area contributed by atoms with Gasteiger partial charge in [-0.2, -0.15) is 0 Å². The van der Waals surface area contributed by atoms with Gasteiger partial charge in [-0.15, -0.1) is 0 Å². The monoisotopic (exact) mass is 539 g/mol. The Morgan fingerprint density at radius 3 is 1.97 bits per heavy atom. The summed E-state index contributed by atoms with van der Waals surface area (Å²) in [5.41, 5.74) is 0. The summed E-state index contributed by atoms with van der Waals surface area (Å²) in [6.07, 6.45) is 3.37. The first-order valence-corrected chi connectivity index (χ1v) is 11.2. The molecule has 35 heavy (non-hydrogen) atoms. The summed E-state index contributed by atoms with van der Waals surface area (Å²) in [5.74, 6) is 22.0. The molecular weight excluding hydrogens is 495 g/mol. The van der Waals surface area contributed by atoms with E-state index in [1.165, 1.54) is 0 Å². The van der Waals surface area contributed by atoms with Crippen LogP contribution in [-0.2, 0) is 28.2 Å². The number of carbonyl (C=O) groups excluding carboxylic acids is 2. The molecule has 0 aliphatic rings. The SMILES string of the molecule is CC#CC#CC#CC#CC#CC(=O)OC[C@H](COP(=O)([O-])[O-])OC(=O)CCCCCCC.N.[HH].[HH].[HH].[HH].[HH].[HH].[HH].[HH].[HH].[Na+].[Na+]. The normalized spacial score (nSPS) is 9.14. The van der Waals surface area contributed by atoms with Gasteiger partial charge >= 0.3 is 71.1 Å². The van der Waals surface area contributed by atoms with Crippen LogP contribution >= 0.6 is 7.82 Å². The van der Waals surface area contributed by atoms with Crippen LogP contribution in [0.25, 0.3) is 0 Å². The molecule has 0 rings (SSSR count). The van der Waals surface area contributed by atoms with Gasteiger partial charge in [0.15, 0.2) is 6.10 Å². The number of ether oxygens (including phenoxy) is 2. The molecule has 0 heterocycles. The molecule has 1 atom stereocenters. The van der Waals surface area contributed by atoms with Crippen LogP contribution in [-0.4, -0.2) is 31.3 Å². The summed E-state index contributed by atoms with van der Waals surface area (Å²) < 4.78 is 24.6. The number of esters is 2. The van der Waals surface area contributed by atoms with Gasteiger partial charge in [0.25, 0.3) is 0 Å². The van der Waals surface area contributed by atoms with E-state index in [9.17, 15) is 23.9 Å². The number of hydrogen-bond acceptors (Lipinski definition) is 9. The molecule has 0 aliphatic carbocycles. The molecule has 0 spiro atoms. The Morgan fingerprint density at radius 2 is 1.43 bits per heavy atom. The van der Waals surface area contributed by atoms with E-state index in [1.807, 2.05) is 0 Å². The number of hydrogen-bond donors (Lipinski definition) is 1. The Balaban J connectivity index is -0.0000000728. The van der Waals surface area contributed by atoms with Crippen LogP contribution < -0.4 is 75.1 Å². The number of phosphoric ester groups is 1. The molecule has 0 aromatic heterocycles. The van der Waals surface area contributed by atoms with Crippen molar-refractivity contribution < 1.29 is 110 Å². The van der Waals surface area contributed by atoms with Crippen molar-refractivity contribution in [2.75, 3.05) is 13.2 Å². The van der Waals surface area contributed by atoms with E-state index in [-0.39, 0.29) is 84.5 Å². The molecule has 196 valence electrons. The maximum absolute atomic E-state index is 11.9. The second kappa shape index (κ2) is 27.4. The molecule has 0 radical (unpaired) electrons. The number of phosphoric acid groups is 1. The van der Waals surface area contributed by atoms with Crippen molar-refractivity contribution in [2.45, 2.75) is 58.5 Å². The number of rotatable bonds is 12. The molecule has 0 bridgehead atoms. The standard InChI is InChI=1S/C23H25O8P.H3N.2Na.9H2/c1-3-5-7-9-10-11-12-14-15-17-22(24)29-19-21(20-30-32(26,27)28)31-23(25)18-16-13-8-6-4-2;;;;;;;;;;;;/h21H,4,6,8,13,16,18-20H2,1-2H3,(H2,26,27,28);1H3;;;9*1H/q;;2*+1;;;;;;;;;/p-2/t21-;;;;;;;;;;;;/m1............/s1. The molecule has 0 fully saturated rings. The molecule has 0 saturated carbocycles. The van der Waals surface area contributed by atoms with E-state index in [4.69, 9.17) is 9.47 Å². The first-order valence-electron chi connectivity index (χ1n) is 9.74. The topological polar surface area (TPSA) is 160 Å². The number of carbonyl (C=O) groups is 2. The third-order valence-electron chi connectivity index (χ3n) is 3.33. The van der Waals surface area contributed by atoms with Crippen molar-refractivity contribution in [3.05, 3.63) is 0 Å². The minimum atomic E-state index is -5.29. The third-order valence-corrected chi connectivity index (χ3v) is 3.79. The van der Waals surface area contributed by atoms with Crippen molar-refractivity contribution in [3.8, 4) is 59.2 Å². The van der Waals surface area contributed by atoms with E-state index in [0.717, 1.165) is 25.7 Å². The van der Waals surface area contributed by atoms with Gasteiger partial charge in [-0.05, 0) is 60.7 Å². The van der Waals surface area contributed by atoms with Gasteiger partial charge in [-0.3, -0.25) is 4.79 Å². The summed E-state index contributed by atoms with van der Waals surface area (Å²) in [4.78, 5) is 44.9. The Bertz CT molecular complexity index is 1020. The maximum Gasteiger partial charge on any atom is 1.00 e. The summed E-state index contributed by atoms with van der Waals surface area (Å²) in [5, 5.41) is 0. The fourth-order valence-corrected chi connectivity index (χ4v) is 2.29. The van der Waals surface area contributed by atoms with E-state index < -0.39 is 39.1 Å². The molecule has 12 heteroatoms. The average Bonchev–Trinajstić information content (AvgIpc) is 2.73. The van der Waals surface area contributed by atoms with Gasteiger partial charge in [-0.1, -0.05) is 38.5 Å². The minimum Gasteiger partial charge on any atom is -0.790 e. The molecule has 0 amide bonds. The van der Waals surface area contributed by atoms with E-state index in [1.54, 1.807) is 6.92 Å². The van der Waals surface area contributed by atoms with Gasteiger partial charge in [-0.25, -0.2) is 4.79 Å². The second-order valence-electron chi connectivity index (χ2n) is 5.99. The van der Waals surface area contributed by atoms with E-state index >= 15 is 0 Å². The number of unbranched alkanes of at least 4 members (excludes halogenated alkanes) is 4. The maximum atomic E-state index is 11.9. The quantitative estimate of drug-likeness (QED) is 0.0684. The fraction of sp³-hybridized carbons (Fsp3) is 0.478. The van der Waals surface area contributed by atoms with Gasteiger partial charge in [0.2, 0.25) is 0 Å². The average molecular weight is 540 g/mol. The largest absolute Gasteiger partial charge is 1.00 e. The summed E-state index contributed by atoms with van der Waals surface area (Å²) >= 11 is 0. The first kappa shape index (κ1) is 41.0. The molecular formula is C23H44NNa2O8P. The molecule has 0 saturated heterocycles. The van der Waals surface area contributed by atoms with Crippen LogP contribution in [0.4, 0.5) is 0 Å². The van der Waals surface area contributed by atoms with Crippen LogP contribution in [0.2, 0.25) is 0 Å². The molecule has 0 aromatic rings.